The number of hydrogen-bond donors (Lipinski definition) is 1. The predicted octanol–water partition coefficient (Wildman–Crippen LogP) is 2.20. The second kappa shape index (κ2) is 7.17. The Bertz CT molecular complexity index is 828. The molecular weight excluding hydrogens is 298 g/mol. The van der Waals surface area contributed by atoms with E-state index < -0.39 is 0 Å². The monoisotopic (exact) mass is 313 g/mol. The number of amides is 1. The molecule has 2 heterocycles. The van der Waals surface area contributed by atoms with Gasteiger partial charge in [0.1, 0.15) is 6.33 Å². The number of fused-ring (bicyclic) bond motifs is 1. The van der Waals surface area contributed by atoms with Gasteiger partial charge in [0.25, 0.3) is 0 Å². The van der Waals surface area contributed by atoms with Crippen LogP contribution in [-0.4, -0.2) is 29.3 Å². The molecule has 0 radical (unpaired) electrons. The number of carbonyl (C=O) groups excluding carboxylic acids is 2. The number of Topliss-reactive ketones (excluding diaryl/α,β-unsaturated/α-hetero) is 1. The standard InChI is InChI=1S/C15H12N2O3.CH3NO/c1-9(18)14-7-11-10(12-5-6-16-8-17-12)3-4-13(19-2)15(11)20-14;2-1-3/h3-8H,1-2H3;1H,(H2,2,3). The summed E-state index contributed by atoms with van der Waals surface area (Å²) in [5.41, 5.74) is 6.36. The minimum Gasteiger partial charge on any atom is -0.493 e. The van der Waals surface area contributed by atoms with Gasteiger partial charge in [-0.3, -0.25) is 9.59 Å². The minimum absolute atomic E-state index is 0.128. The number of furan rings is 1. The summed E-state index contributed by atoms with van der Waals surface area (Å²) in [4.78, 5) is 28.2. The molecule has 23 heavy (non-hydrogen) atoms. The van der Waals surface area contributed by atoms with Crippen molar-refractivity contribution in [2.24, 2.45) is 5.73 Å². The Kier molecular flexibility index (Phi) is 5.03. The molecule has 3 aromatic rings. The SMILES string of the molecule is COc1ccc(-c2ccncn2)c2cc(C(C)=O)oc12.NC=O. The van der Waals surface area contributed by atoms with Crippen molar-refractivity contribution in [3.8, 4) is 17.0 Å². The highest BCUT2D eigenvalue weighted by Gasteiger charge is 2.16. The van der Waals surface area contributed by atoms with Crippen LogP contribution in [0, 0.1) is 0 Å². The van der Waals surface area contributed by atoms with Crippen LogP contribution in [0.4, 0.5) is 0 Å². The molecule has 0 saturated heterocycles. The van der Waals surface area contributed by atoms with Crippen LogP contribution in [0.5, 0.6) is 5.75 Å². The summed E-state index contributed by atoms with van der Waals surface area (Å²) in [7, 11) is 1.56. The van der Waals surface area contributed by atoms with E-state index in [0.29, 0.717) is 17.1 Å². The van der Waals surface area contributed by atoms with Gasteiger partial charge < -0.3 is 14.9 Å². The van der Waals surface area contributed by atoms with E-state index in [-0.39, 0.29) is 12.2 Å². The fraction of sp³-hybridized carbons (Fsp3) is 0.125. The van der Waals surface area contributed by atoms with E-state index in [9.17, 15) is 4.79 Å². The molecule has 0 atom stereocenters. The van der Waals surface area contributed by atoms with Crippen molar-refractivity contribution in [3.63, 3.8) is 0 Å². The maximum absolute atomic E-state index is 11.5. The highest BCUT2D eigenvalue weighted by molar-refractivity contribution is 6.02. The third-order valence-electron chi connectivity index (χ3n) is 3.07. The lowest BCUT2D eigenvalue weighted by atomic mass is 10.1. The Morgan fingerprint density at radius 2 is 2.09 bits per heavy atom. The van der Waals surface area contributed by atoms with Crippen molar-refractivity contribution in [1.29, 1.82) is 0 Å². The lowest BCUT2D eigenvalue weighted by molar-refractivity contribution is -0.106. The molecule has 1 aromatic carbocycles. The summed E-state index contributed by atoms with van der Waals surface area (Å²) in [6.45, 7) is 1.47. The summed E-state index contributed by atoms with van der Waals surface area (Å²) in [6, 6.07) is 7.22. The van der Waals surface area contributed by atoms with Gasteiger partial charge in [-0.2, -0.15) is 0 Å². The Morgan fingerprint density at radius 3 is 2.65 bits per heavy atom. The van der Waals surface area contributed by atoms with Gasteiger partial charge in [-0.15, -0.1) is 0 Å². The van der Waals surface area contributed by atoms with Crippen LogP contribution in [0.15, 0.2) is 41.2 Å². The molecule has 3 rings (SSSR count). The molecule has 7 heteroatoms. The van der Waals surface area contributed by atoms with Crippen molar-refractivity contribution >= 4 is 23.2 Å². The lowest BCUT2D eigenvalue weighted by Crippen LogP contribution is -1.87. The fourth-order valence-corrected chi connectivity index (χ4v) is 2.11. The fourth-order valence-electron chi connectivity index (χ4n) is 2.11. The van der Waals surface area contributed by atoms with Gasteiger partial charge in [-0.25, -0.2) is 9.97 Å². The summed E-state index contributed by atoms with van der Waals surface area (Å²) < 4.78 is 10.9. The van der Waals surface area contributed by atoms with Gasteiger partial charge in [-0.05, 0) is 24.3 Å². The zero-order valence-electron chi connectivity index (χ0n) is 12.6. The van der Waals surface area contributed by atoms with Crippen molar-refractivity contribution < 1.29 is 18.7 Å². The summed E-state index contributed by atoms with van der Waals surface area (Å²) in [5, 5.41) is 0.799. The van der Waals surface area contributed by atoms with Crippen molar-refractivity contribution in [1.82, 2.24) is 9.97 Å². The number of benzene rings is 1. The number of rotatable bonds is 3. The first kappa shape index (κ1) is 16.2. The molecule has 0 spiro atoms. The first-order chi connectivity index (χ1) is 11.1. The molecule has 0 fully saturated rings. The minimum atomic E-state index is -0.128. The molecule has 0 aliphatic rings. The average molecular weight is 313 g/mol. The van der Waals surface area contributed by atoms with Crippen molar-refractivity contribution in [2.45, 2.75) is 6.92 Å². The maximum Gasteiger partial charge on any atom is 0.204 e. The summed E-state index contributed by atoms with van der Waals surface area (Å²) in [5.74, 6) is 0.766. The number of hydrogen-bond acceptors (Lipinski definition) is 6. The third-order valence-corrected chi connectivity index (χ3v) is 3.07. The third kappa shape index (κ3) is 3.34. The topological polar surface area (TPSA) is 108 Å². The number of primary amides is 1. The zero-order valence-corrected chi connectivity index (χ0v) is 12.6. The van der Waals surface area contributed by atoms with E-state index >= 15 is 0 Å². The molecule has 7 nitrogen and oxygen atoms in total. The van der Waals surface area contributed by atoms with E-state index in [4.69, 9.17) is 13.9 Å². The highest BCUT2D eigenvalue weighted by atomic mass is 16.5. The van der Waals surface area contributed by atoms with Gasteiger partial charge in [0, 0.05) is 24.1 Å². The molecule has 0 saturated carbocycles. The second-order valence-corrected chi connectivity index (χ2v) is 4.46. The van der Waals surface area contributed by atoms with Crippen LogP contribution in [-0.2, 0) is 4.79 Å². The molecule has 118 valence electrons. The number of ether oxygens (including phenoxy) is 1. The molecule has 0 aliphatic carbocycles. The largest absolute Gasteiger partial charge is 0.493 e. The molecule has 2 N–H and O–H groups in total. The number of nitrogens with two attached hydrogens (primary N) is 1. The maximum atomic E-state index is 11.5. The number of carbonyl (C=O) groups is 2. The van der Waals surface area contributed by atoms with E-state index in [2.05, 4.69) is 15.7 Å². The van der Waals surface area contributed by atoms with Crippen molar-refractivity contribution in [2.75, 3.05) is 7.11 Å². The smallest absolute Gasteiger partial charge is 0.204 e. The van der Waals surface area contributed by atoms with E-state index in [0.717, 1.165) is 16.6 Å². The van der Waals surface area contributed by atoms with Gasteiger partial charge in [0.15, 0.2) is 22.9 Å². The molecule has 0 bridgehead atoms. The van der Waals surface area contributed by atoms with Crippen LogP contribution in [0.25, 0.3) is 22.2 Å². The van der Waals surface area contributed by atoms with Crippen LogP contribution in [0.3, 0.4) is 0 Å². The summed E-state index contributed by atoms with van der Waals surface area (Å²) in [6.07, 6.45) is 3.40. The van der Waals surface area contributed by atoms with Crippen molar-refractivity contribution in [3.05, 3.63) is 42.5 Å². The Morgan fingerprint density at radius 1 is 1.35 bits per heavy atom. The molecule has 0 unspecified atom stereocenters. The Labute approximate surface area is 132 Å². The zero-order chi connectivity index (χ0) is 16.8. The predicted molar refractivity (Wildman–Crippen MR) is 84.0 cm³/mol. The van der Waals surface area contributed by atoms with E-state index in [1.807, 2.05) is 12.1 Å². The first-order valence-electron chi connectivity index (χ1n) is 6.65. The van der Waals surface area contributed by atoms with Crippen LogP contribution >= 0.6 is 0 Å². The van der Waals surface area contributed by atoms with Gasteiger partial charge >= 0.3 is 0 Å². The van der Waals surface area contributed by atoms with Gasteiger partial charge in [0.2, 0.25) is 6.41 Å². The molecule has 0 aliphatic heterocycles. The number of aromatic nitrogens is 2. The quantitative estimate of drug-likeness (QED) is 0.586. The Balaban J connectivity index is 0.000000595. The van der Waals surface area contributed by atoms with E-state index in [1.54, 1.807) is 25.4 Å². The first-order valence-corrected chi connectivity index (χ1v) is 6.65. The molecular formula is C16H15N3O4. The average Bonchev–Trinajstić information content (AvgIpc) is 3.01. The lowest BCUT2D eigenvalue weighted by Gasteiger charge is -2.05. The highest BCUT2D eigenvalue weighted by Crippen LogP contribution is 2.35. The Hall–Kier alpha value is -3.22. The number of nitrogens with zero attached hydrogens (tertiary/aromatic N) is 2. The van der Waals surface area contributed by atoms with Crippen LogP contribution < -0.4 is 10.5 Å². The normalized spacial score (nSPS) is 9.83. The van der Waals surface area contributed by atoms with Gasteiger partial charge in [-0.1, -0.05) is 0 Å². The van der Waals surface area contributed by atoms with Gasteiger partial charge in [0.05, 0.1) is 12.8 Å². The van der Waals surface area contributed by atoms with Crippen LogP contribution in [0.1, 0.15) is 17.5 Å². The van der Waals surface area contributed by atoms with Crippen LogP contribution in [0.2, 0.25) is 0 Å². The molecule has 2 aromatic heterocycles. The van der Waals surface area contributed by atoms with E-state index in [1.165, 1.54) is 13.3 Å². The number of methoxy groups -OCH3 is 1. The molecule has 1 amide bonds. The summed E-state index contributed by atoms with van der Waals surface area (Å²) >= 11 is 0. The number of ketones is 1. The second-order valence-electron chi connectivity index (χ2n) is 4.46.